The second kappa shape index (κ2) is 3.38. The molecular formula is C13H19NO. The Bertz CT molecular complexity index is 349. The third kappa shape index (κ3) is 1.35. The lowest BCUT2D eigenvalue weighted by Crippen LogP contribution is -2.48. The molecule has 3 rings (SSSR count). The van der Waals surface area contributed by atoms with Crippen LogP contribution in [-0.4, -0.2) is 6.54 Å². The smallest absolute Gasteiger partial charge is 0.112 e. The Kier molecular flexibility index (Phi) is 2.13. The number of nitrogens with one attached hydrogen (secondary N) is 1. The molecule has 1 saturated carbocycles. The lowest BCUT2D eigenvalue weighted by Gasteiger charge is -2.42. The van der Waals surface area contributed by atoms with E-state index >= 15 is 0 Å². The van der Waals surface area contributed by atoms with Crippen LogP contribution in [0.25, 0.3) is 0 Å². The zero-order valence-electron chi connectivity index (χ0n) is 9.38. The summed E-state index contributed by atoms with van der Waals surface area (Å²) in [6.07, 6.45) is 8.53. The molecule has 1 aromatic heterocycles. The summed E-state index contributed by atoms with van der Waals surface area (Å²) in [6, 6.07) is 2.18. The molecule has 2 heteroatoms. The first-order valence-corrected chi connectivity index (χ1v) is 6.15. The molecule has 1 fully saturated rings. The van der Waals surface area contributed by atoms with Crippen LogP contribution in [0.1, 0.15) is 56.3 Å². The van der Waals surface area contributed by atoms with Gasteiger partial charge in [-0.15, -0.1) is 0 Å². The Morgan fingerprint density at radius 3 is 2.93 bits per heavy atom. The highest BCUT2D eigenvalue weighted by Gasteiger charge is 2.40. The fourth-order valence-corrected chi connectivity index (χ4v) is 3.24. The second-order valence-corrected chi connectivity index (χ2v) is 5.12. The summed E-state index contributed by atoms with van der Waals surface area (Å²) in [6.45, 7) is 3.31. The fourth-order valence-electron chi connectivity index (χ4n) is 3.24. The van der Waals surface area contributed by atoms with E-state index < -0.39 is 0 Å². The van der Waals surface area contributed by atoms with Gasteiger partial charge in [-0.1, -0.05) is 26.2 Å². The van der Waals surface area contributed by atoms with Gasteiger partial charge < -0.3 is 9.73 Å². The first kappa shape index (κ1) is 9.46. The van der Waals surface area contributed by atoms with Gasteiger partial charge in [0.05, 0.1) is 6.26 Å². The van der Waals surface area contributed by atoms with Gasteiger partial charge in [0.1, 0.15) is 5.76 Å². The number of hydrogen-bond donors (Lipinski definition) is 1. The van der Waals surface area contributed by atoms with Crippen molar-refractivity contribution in [2.75, 3.05) is 6.54 Å². The van der Waals surface area contributed by atoms with Gasteiger partial charge in [0.25, 0.3) is 0 Å². The normalized spacial score (nSPS) is 29.0. The maximum absolute atomic E-state index is 5.66. The zero-order valence-corrected chi connectivity index (χ0v) is 9.38. The lowest BCUT2D eigenvalue weighted by molar-refractivity contribution is 0.205. The molecule has 1 aliphatic heterocycles. The summed E-state index contributed by atoms with van der Waals surface area (Å²) in [4.78, 5) is 0. The molecule has 2 aliphatic rings. The maximum Gasteiger partial charge on any atom is 0.112 e. The maximum atomic E-state index is 5.66. The van der Waals surface area contributed by atoms with Crippen LogP contribution in [0, 0.1) is 0 Å². The highest BCUT2D eigenvalue weighted by atomic mass is 16.3. The number of fused-ring (bicyclic) bond motifs is 2. The first-order valence-electron chi connectivity index (χ1n) is 6.15. The van der Waals surface area contributed by atoms with Crippen LogP contribution in [0.2, 0.25) is 0 Å². The van der Waals surface area contributed by atoms with Crippen molar-refractivity contribution in [1.29, 1.82) is 0 Å². The molecule has 1 aliphatic carbocycles. The van der Waals surface area contributed by atoms with E-state index in [1.54, 1.807) is 0 Å². The van der Waals surface area contributed by atoms with E-state index in [0.717, 1.165) is 6.54 Å². The van der Waals surface area contributed by atoms with Crippen LogP contribution in [0.4, 0.5) is 0 Å². The molecule has 0 amide bonds. The standard InChI is InChI=1S/C13H19NO/c1-10-9-14-13(6-3-2-4-7-13)11-5-8-15-12(10)11/h5,8,10,14H,2-4,6-7,9H2,1H3. The molecule has 1 spiro atoms. The fraction of sp³-hybridized carbons (Fsp3) is 0.692. The molecule has 0 radical (unpaired) electrons. The van der Waals surface area contributed by atoms with Crippen molar-refractivity contribution in [2.24, 2.45) is 0 Å². The molecule has 0 aromatic carbocycles. The molecule has 1 N–H and O–H groups in total. The molecule has 0 saturated heterocycles. The Morgan fingerprint density at radius 1 is 1.33 bits per heavy atom. The highest BCUT2D eigenvalue weighted by molar-refractivity contribution is 5.32. The van der Waals surface area contributed by atoms with E-state index in [1.165, 1.54) is 43.4 Å². The lowest BCUT2D eigenvalue weighted by atomic mass is 9.73. The van der Waals surface area contributed by atoms with Gasteiger partial charge in [0, 0.05) is 23.6 Å². The van der Waals surface area contributed by atoms with E-state index in [-0.39, 0.29) is 5.54 Å². The van der Waals surface area contributed by atoms with Gasteiger partial charge in [0.15, 0.2) is 0 Å². The van der Waals surface area contributed by atoms with Gasteiger partial charge in [-0.3, -0.25) is 0 Å². The molecule has 1 aromatic rings. The van der Waals surface area contributed by atoms with Crippen molar-refractivity contribution in [3.05, 3.63) is 23.7 Å². The molecule has 1 atom stereocenters. The Morgan fingerprint density at radius 2 is 2.13 bits per heavy atom. The number of rotatable bonds is 0. The molecule has 82 valence electrons. The highest BCUT2D eigenvalue weighted by Crippen LogP contribution is 2.43. The molecule has 1 unspecified atom stereocenters. The minimum atomic E-state index is 0.257. The van der Waals surface area contributed by atoms with Crippen LogP contribution in [-0.2, 0) is 5.54 Å². The molecule has 2 nitrogen and oxygen atoms in total. The minimum absolute atomic E-state index is 0.257. The summed E-state index contributed by atoms with van der Waals surface area (Å²) >= 11 is 0. The minimum Gasteiger partial charge on any atom is -0.469 e. The first-order chi connectivity index (χ1) is 7.32. The third-order valence-electron chi connectivity index (χ3n) is 4.11. The quantitative estimate of drug-likeness (QED) is 0.704. The van der Waals surface area contributed by atoms with Crippen molar-refractivity contribution in [3.8, 4) is 0 Å². The van der Waals surface area contributed by atoms with Crippen LogP contribution in [0.3, 0.4) is 0 Å². The van der Waals surface area contributed by atoms with E-state index in [9.17, 15) is 0 Å². The van der Waals surface area contributed by atoms with Crippen molar-refractivity contribution >= 4 is 0 Å². The van der Waals surface area contributed by atoms with Gasteiger partial charge in [-0.2, -0.15) is 0 Å². The molecule has 15 heavy (non-hydrogen) atoms. The second-order valence-electron chi connectivity index (χ2n) is 5.12. The van der Waals surface area contributed by atoms with Crippen LogP contribution in [0.15, 0.2) is 16.7 Å². The molecular weight excluding hydrogens is 186 g/mol. The Balaban J connectivity index is 2.02. The van der Waals surface area contributed by atoms with Crippen LogP contribution in [0.5, 0.6) is 0 Å². The van der Waals surface area contributed by atoms with E-state index in [2.05, 4.69) is 18.3 Å². The van der Waals surface area contributed by atoms with E-state index in [4.69, 9.17) is 4.42 Å². The van der Waals surface area contributed by atoms with E-state index in [0.29, 0.717) is 5.92 Å². The van der Waals surface area contributed by atoms with Crippen LogP contribution >= 0.6 is 0 Å². The van der Waals surface area contributed by atoms with Gasteiger partial charge >= 0.3 is 0 Å². The van der Waals surface area contributed by atoms with Gasteiger partial charge in [-0.05, 0) is 18.9 Å². The summed E-state index contributed by atoms with van der Waals surface area (Å²) < 4.78 is 5.66. The molecule has 0 bridgehead atoms. The number of hydrogen-bond acceptors (Lipinski definition) is 2. The van der Waals surface area contributed by atoms with Crippen LogP contribution < -0.4 is 5.32 Å². The predicted octanol–water partition coefficient (Wildman–Crippen LogP) is 3.15. The average Bonchev–Trinajstić information content (AvgIpc) is 2.76. The number of furan rings is 1. The topological polar surface area (TPSA) is 25.2 Å². The Hall–Kier alpha value is -0.760. The third-order valence-corrected chi connectivity index (χ3v) is 4.11. The monoisotopic (exact) mass is 205 g/mol. The van der Waals surface area contributed by atoms with Gasteiger partial charge in [-0.25, -0.2) is 0 Å². The Labute approximate surface area is 91.0 Å². The summed E-state index contributed by atoms with van der Waals surface area (Å²) in [5.74, 6) is 1.76. The van der Waals surface area contributed by atoms with Crippen molar-refractivity contribution in [3.63, 3.8) is 0 Å². The van der Waals surface area contributed by atoms with Crippen molar-refractivity contribution in [2.45, 2.75) is 50.5 Å². The van der Waals surface area contributed by atoms with Crippen molar-refractivity contribution < 1.29 is 4.42 Å². The molecule has 2 heterocycles. The summed E-state index contributed by atoms with van der Waals surface area (Å²) in [7, 11) is 0. The zero-order chi connectivity index (χ0) is 10.3. The SMILES string of the molecule is CC1CNC2(CCCCC2)c2ccoc21. The average molecular weight is 205 g/mol. The van der Waals surface area contributed by atoms with E-state index in [1.807, 2.05) is 6.26 Å². The summed E-state index contributed by atoms with van der Waals surface area (Å²) in [5, 5.41) is 3.77. The van der Waals surface area contributed by atoms with Crippen molar-refractivity contribution in [1.82, 2.24) is 5.32 Å². The largest absolute Gasteiger partial charge is 0.469 e. The predicted molar refractivity (Wildman–Crippen MR) is 59.9 cm³/mol. The van der Waals surface area contributed by atoms with Gasteiger partial charge in [0.2, 0.25) is 0 Å². The summed E-state index contributed by atoms with van der Waals surface area (Å²) in [5.41, 5.74) is 1.70.